The van der Waals surface area contributed by atoms with Gasteiger partial charge in [-0.05, 0) is 91.7 Å². The summed E-state index contributed by atoms with van der Waals surface area (Å²) >= 11 is 0. The molecule has 7 rings (SSSR count). The zero-order chi connectivity index (χ0) is 23.8. The molecule has 1 heterocycles. The van der Waals surface area contributed by atoms with Crippen LogP contribution in [0.2, 0.25) is 0 Å². The molecule has 1 saturated carbocycles. The third-order valence-electron chi connectivity index (χ3n) is 8.34. The molecule has 3 aliphatic rings. The molecular formula is C31H35N3O. The van der Waals surface area contributed by atoms with Crippen molar-refractivity contribution in [3.05, 3.63) is 84.2 Å². The summed E-state index contributed by atoms with van der Waals surface area (Å²) < 4.78 is 0. The number of H-pyrrole nitrogens is 1. The number of rotatable bonds is 8. The van der Waals surface area contributed by atoms with E-state index in [1.165, 1.54) is 28.3 Å². The number of aliphatic hydroxyl groups is 1. The second-order valence-electron chi connectivity index (χ2n) is 10.7. The Kier molecular flexibility index (Phi) is 5.95. The maximum absolute atomic E-state index is 11.6. The van der Waals surface area contributed by atoms with Gasteiger partial charge in [-0.25, -0.2) is 4.98 Å². The van der Waals surface area contributed by atoms with E-state index in [2.05, 4.69) is 77.6 Å². The van der Waals surface area contributed by atoms with E-state index in [9.17, 15) is 5.11 Å². The van der Waals surface area contributed by atoms with E-state index < -0.39 is 5.60 Å². The molecule has 0 radical (unpaired) electrons. The zero-order valence-corrected chi connectivity index (χ0v) is 20.6. The third kappa shape index (κ3) is 4.53. The summed E-state index contributed by atoms with van der Waals surface area (Å²) in [6, 6.07) is 23.6. The second-order valence-corrected chi connectivity index (χ2v) is 10.7. The first kappa shape index (κ1) is 22.5. The molecule has 4 heteroatoms. The SMILES string of the molecule is CN(CCCc1nc2ccccc2[nH]1)CC[C@]1(O)C[C@H]2CC[C@H]1C=C2c1ccc2ccccc2c1. The Morgan fingerprint density at radius 3 is 2.66 bits per heavy atom. The van der Waals surface area contributed by atoms with Crippen LogP contribution in [0, 0.1) is 11.8 Å². The summed E-state index contributed by atoms with van der Waals surface area (Å²) in [5.74, 6) is 1.79. The van der Waals surface area contributed by atoms with Crippen molar-refractivity contribution in [2.75, 3.05) is 20.1 Å². The van der Waals surface area contributed by atoms with Crippen molar-refractivity contribution in [2.24, 2.45) is 11.8 Å². The van der Waals surface area contributed by atoms with Crippen molar-refractivity contribution < 1.29 is 5.11 Å². The highest BCUT2D eigenvalue weighted by Gasteiger charge is 2.46. The van der Waals surface area contributed by atoms with Crippen LogP contribution in [-0.2, 0) is 6.42 Å². The number of benzene rings is 3. The van der Waals surface area contributed by atoms with Crippen molar-refractivity contribution in [3.8, 4) is 0 Å². The fourth-order valence-electron chi connectivity index (χ4n) is 6.31. The molecule has 3 atom stereocenters. The number of nitrogens with one attached hydrogen (secondary N) is 1. The highest BCUT2D eigenvalue weighted by Crippen LogP contribution is 2.51. The van der Waals surface area contributed by atoms with Gasteiger partial charge in [-0.2, -0.15) is 0 Å². The van der Waals surface area contributed by atoms with Gasteiger partial charge in [0.15, 0.2) is 0 Å². The van der Waals surface area contributed by atoms with E-state index in [1.807, 2.05) is 12.1 Å². The largest absolute Gasteiger partial charge is 0.389 e. The molecule has 2 N–H and O–H groups in total. The number of aromatic amines is 1. The van der Waals surface area contributed by atoms with Gasteiger partial charge in [0.05, 0.1) is 16.6 Å². The lowest BCUT2D eigenvalue weighted by Crippen LogP contribution is -2.48. The summed E-state index contributed by atoms with van der Waals surface area (Å²) in [4.78, 5) is 10.5. The van der Waals surface area contributed by atoms with Gasteiger partial charge in [-0.3, -0.25) is 0 Å². The normalized spacial score (nSPS) is 23.9. The summed E-state index contributed by atoms with van der Waals surface area (Å²) in [6.45, 7) is 1.94. The molecule has 0 saturated heterocycles. The first-order valence-corrected chi connectivity index (χ1v) is 13.1. The molecule has 3 aromatic carbocycles. The van der Waals surface area contributed by atoms with Crippen molar-refractivity contribution in [3.63, 3.8) is 0 Å². The van der Waals surface area contributed by atoms with Crippen LogP contribution in [-0.4, -0.2) is 45.7 Å². The summed E-state index contributed by atoms with van der Waals surface area (Å²) in [6.07, 6.45) is 8.45. The molecule has 1 aromatic heterocycles. The standard InChI is InChI=1S/C31H35N3O/c1-34(17-6-11-30-32-28-9-4-5-10-29(28)33-30)18-16-31(35)21-25-14-15-26(31)20-27(25)24-13-12-22-7-2-3-8-23(22)19-24/h2-5,7-10,12-13,19-20,25-26,35H,6,11,14-18,21H2,1H3,(H,32,33)/t25-,26+,31+/m1/s1. The number of aryl methyl sites for hydroxylation is 1. The number of imidazole rings is 1. The summed E-state index contributed by atoms with van der Waals surface area (Å²) in [5.41, 5.74) is 4.37. The van der Waals surface area contributed by atoms with Gasteiger partial charge in [0.1, 0.15) is 5.82 Å². The van der Waals surface area contributed by atoms with E-state index in [-0.39, 0.29) is 5.92 Å². The van der Waals surface area contributed by atoms with Gasteiger partial charge in [-0.15, -0.1) is 0 Å². The van der Waals surface area contributed by atoms with Crippen LogP contribution < -0.4 is 0 Å². The molecule has 0 amide bonds. The Balaban J connectivity index is 1.06. The van der Waals surface area contributed by atoms with Crippen molar-refractivity contribution in [1.29, 1.82) is 0 Å². The first-order valence-electron chi connectivity index (χ1n) is 13.1. The Morgan fingerprint density at radius 2 is 1.83 bits per heavy atom. The van der Waals surface area contributed by atoms with Crippen LogP contribution in [0.25, 0.3) is 27.4 Å². The van der Waals surface area contributed by atoms with Gasteiger partial charge in [0, 0.05) is 18.9 Å². The minimum Gasteiger partial charge on any atom is -0.389 e. The van der Waals surface area contributed by atoms with Crippen molar-refractivity contribution in [2.45, 2.75) is 44.1 Å². The third-order valence-corrected chi connectivity index (χ3v) is 8.34. The molecule has 4 nitrogen and oxygen atoms in total. The Bertz CT molecular complexity index is 1340. The smallest absolute Gasteiger partial charge is 0.107 e. The van der Waals surface area contributed by atoms with Crippen molar-refractivity contribution >= 4 is 27.4 Å². The van der Waals surface area contributed by atoms with E-state index in [4.69, 9.17) is 4.98 Å². The quantitative estimate of drug-likeness (QED) is 0.325. The Morgan fingerprint density at radius 1 is 1.00 bits per heavy atom. The highest BCUT2D eigenvalue weighted by atomic mass is 16.3. The molecule has 3 aliphatic carbocycles. The van der Waals surface area contributed by atoms with E-state index in [1.54, 1.807) is 0 Å². The maximum Gasteiger partial charge on any atom is 0.107 e. The fraction of sp³-hybridized carbons (Fsp3) is 0.387. The Hall–Kier alpha value is -2.95. The number of nitrogens with zero attached hydrogens (tertiary/aromatic N) is 2. The fourth-order valence-corrected chi connectivity index (χ4v) is 6.31. The van der Waals surface area contributed by atoms with Crippen LogP contribution in [0.3, 0.4) is 0 Å². The number of hydrogen-bond donors (Lipinski definition) is 2. The summed E-state index contributed by atoms with van der Waals surface area (Å²) in [5, 5.41) is 14.2. The predicted molar refractivity (Wildman–Crippen MR) is 144 cm³/mol. The van der Waals surface area contributed by atoms with E-state index >= 15 is 0 Å². The molecule has 4 aromatic rings. The molecular weight excluding hydrogens is 430 g/mol. The number of allylic oxidation sites excluding steroid dienone is 1. The Labute approximate surface area is 207 Å². The van der Waals surface area contributed by atoms with Gasteiger partial charge >= 0.3 is 0 Å². The minimum atomic E-state index is -0.573. The maximum atomic E-state index is 11.6. The zero-order valence-electron chi connectivity index (χ0n) is 20.6. The van der Waals surface area contributed by atoms with Gasteiger partial charge in [0.2, 0.25) is 0 Å². The van der Waals surface area contributed by atoms with Crippen LogP contribution in [0.1, 0.15) is 43.5 Å². The molecule has 1 fully saturated rings. The molecule has 35 heavy (non-hydrogen) atoms. The molecule has 0 spiro atoms. The molecule has 2 bridgehead atoms. The van der Waals surface area contributed by atoms with Crippen LogP contribution >= 0.6 is 0 Å². The average molecular weight is 466 g/mol. The van der Waals surface area contributed by atoms with Crippen molar-refractivity contribution in [1.82, 2.24) is 14.9 Å². The predicted octanol–water partition coefficient (Wildman–Crippen LogP) is 6.22. The lowest BCUT2D eigenvalue weighted by Gasteiger charge is -2.48. The molecule has 0 unspecified atom stereocenters. The molecule has 0 aliphatic heterocycles. The number of fused-ring (bicyclic) bond motifs is 4. The van der Waals surface area contributed by atoms with E-state index in [0.29, 0.717) is 5.92 Å². The van der Waals surface area contributed by atoms with Gasteiger partial charge < -0.3 is 15.0 Å². The van der Waals surface area contributed by atoms with Gasteiger partial charge in [0.25, 0.3) is 0 Å². The lowest BCUT2D eigenvalue weighted by molar-refractivity contribution is -0.0574. The topological polar surface area (TPSA) is 52.2 Å². The summed E-state index contributed by atoms with van der Waals surface area (Å²) in [7, 11) is 2.18. The molecule has 180 valence electrons. The lowest BCUT2D eigenvalue weighted by atomic mass is 9.61. The van der Waals surface area contributed by atoms with Crippen LogP contribution in [0.5, 0.6) is 0 Å². The highest BCUT2D eigenvalue weighted by molar-refractivity contribution is 5.87. The first-order chi connectivity index (χ1) is 17.1. The minimum absolute atomic E-state index is 0.262. The number of hydrogen-bond acceptors (Lipinski definition) is 3. The second kappa shape index (κ2) is 9.25. The van der Waals surface area contributed by atoms with Crippen LogP contribution in [0.4, 0.5) is 0 Å². The van der Waals surface area contributed by atoms with Gasteiger partial charge in [-0.1, -0.05) is 54.6 Å². The number of aromatic nitrogens is 2. The van der Waals surface area contributed by atoms with Crippen LogP contribution in [0.15, 0.2) is 72.8 Å². The van der Waals surface area contributed by atoms with E-state index in [0.717, 1.165) is 62.1 Å². The monoisotopic (exact) mass is 465 g/mol. The number of para-hydroxylation sites is 2. The average Bonchev–Trinajstić information content (AvgIpc) is 3.30.